The van der Waals surface area contributed by atoms with Crippen molar-refractivity contribution < 1.29 is 0 Å². The summed E-state index contributed by atoms with van der Waals surface area (Å²) in [7, 11) is 0. The van der Waals surface area contributed by atoms with Crippen LogP contribution in [0.2, 0.25) is 0 Å². The zero-order valence-corrected chi connectivity index (χ0v) is 15.8. The van der Waals surface area contributed by atoms with Gasteiger partial charge in [0.25, 0.3) is 5.56 Å². The van der Waals surface area contributed by atoms with Gasteiger partial charge in [0, 0.05) is 23.4 Å². The summed E-state index contributed by atoms with van der Waals surface area (Å²) in [6.45, 7) is 3.17. The second-order valence-corrected chi connectivity index (χ2v) is 8.45. The largest absolute Gasteiger partial charge is 0.310 e. The van der Waals surface area contributed by atoms with Crippen LogP contribution in [0.1, 0.15) is 60.7 Å². The Morgan fingerprint density at radius 3 is 2.67 bits per heavy atom. The zero-order chi connectivity index (χ0) is 18.3. The second kappa shape index (κ2) is 6.75. The van der Waals surface area contributed by atoms with Crippen LogP contribution in [0, 0.1) is 0 Å². The van der Waals surface area contributed by atoms with E-state index < -0.39 is 0 Å². The first-order valence-corrected chi connectivity index (χ1v) is 10.3. The van der Waals surface area contributed by atoms with Crippen molar-refractivity contribution in [3.8, 4) is 0 Å². The fourth-order valence-electron chi connectivity index (χ4n) is 4.77. The summed E-state index contributed by atoms with van der Waals surface area (Å²) in [6, 6.07) is 10.5. The van der Waals surface area contributed by atoms with Gasteiger partial charge < -0.3 is 4.98 Å². The molecule has 4 heteroatoms. The third-order valence-electron chi connectivity index (χ3n) is 6.64. The number of nitrogens with zero attached hydrogens (tertiary/aromatic N) is 2. The summed E-state index contributed by atoms with van der Waals surface area (Å²) < 4.78 is 0. The van der Waals surface area contributed by atoms with Crippen molar-refractivity contribution in [3.63, 3.8) is 0 Å². The Labute approximate surface area is 160 Å². The van der Waals surface area contributed by atoms with Crippen molar-refractivity contribution in [1.29, 1.82) is 0 Å². The van der Waals surface area contributed by atoms with Gasteiger partial charge in [-0.15, -0.1) is 0 Å². The maximum atomic E-state index is 12.5. The number of aromatic amines is 1. The standard InChI is InChI=1S/C23H27N3O/c27-22-19-10-11-23(20(19)24-21(25-22)18-8-9-18)12-15-26(16-13-23)14-4-7-17-5-2-1-3-6-17/h1-7,18H,8-16H2,(H,24,25,27)/b7-4+. The van der Waals surface area contributed by atoms with Crippen LogP contribution in [0.3, 0.4) is 0 Å². The molecule has 2 aromatic rings. The summed E-state index contributed by atoms with van der Waals surface area (Å²) in [5, 5.41) is 0. The minimum Gasteiger partial charge on any atom is -0.310 e. The lowest BCUT2D eigenvalue weighted by atomic mass is 9.76. The van der Waals surface area contributed by atoms with Crippen LogP contribution in [0.5, 0.6) is 0 Å². The number of likely N-dealkylation sites (tertiary alicyclic amines) is 1. The van der Waals surface area contributed by atoms with Crippen LogP contribution in [0.25, 0.3) is 6.08 Å². The lowest BCUT2D eigenvalue weighted by Gasteiger charge is -2.39. The quantitative estimate of drug-likeness (QED) is 0.904. The topological polar surface area (TPSA) is 49.0 Å². The number of aromatic nitrogens is 2. The third kappa shape index (κ3) is 3.27. The van der Waals surface area contributed by atoms with E-state index in [0.29, 0.717) is 5.92 Å². The van der Waals surface area contributed by atoms with Crippen LogP contribution in [0.15, 0.2) is 41.2 Å². The molecule has 0 unspecified atom stereocenters. The maximum absolute atomic E-state index is 12.5. The van der Waals surface area contributed by atoms with E-state index in [2.05, 4.69) is 52.4 Å². The molecule has 1 aliphatic heterocycles. The first kappa shape index (κ1) is 16.9. The molecule has 2 fully saturated rings. The van der Waals surface area contributed by atoms with Gasteiger partial charge in [-0.1, -0.05) is 42.5 Å². The minimum absolute atomic E-state index is 0.131. The van der Waals surface area contributed by atoms with E-state index in [9.17, 15) is 4.79 Å². The number of piperidine rings is 1. The first-order chi connectivity index (χ1) is 13.2. The van der Waals surface area contributed by atoms with Crippen molar-refractivity contribution in [2.45, 2.75) is 49.9 Å². The molecule has 1 saturated heterocycles. The molecule has 3 aliphatic rings. The number of benzene rings is 1. The van der Waals surface area contributed by atoms with Crippen LogP contribution < -0.4 is 5.56 Å². The summed E-state index contributed by atoms with van der Waals surface area (Å²) in [4.78, 5) is 23.1. The summed E-state index contributed by atoms with van der Waals surface area (Å²) in [5.41, 5.74) is 3.65. The van der Waals surface area contributed by atoms with Gasteiger partial charge in [0.2, 0.25) is 0 Å². The number of rotatable bonds is 4. The van der Waals surface area contributed by atoms with Crippen LogP contribution in [-0.4, -0.2) is 34.5 Å². The fraction of sp³-hybridized carbons (Fsp3) is 0.478. The van der Waals surface area contributed by atoms with Gasteiger partial charge in [-0.05, 0) is 57.2 Å². The predicted octanol–water partition coefficient (Wildman–Crippen LogP) is 3.64. The maximum Gasteiger partial charge on any atom is 0.254 e. The molecule has 1 aromatic carbocycles. The van der Waals surface area contributed by atoms with Gasteiger partial charge in [-0.3, -0.25) is 9.69 Å². The van der Waals surface area contributed by atoms with Crippen molar-refractivity contribution in [3.05, 3.63) is 69.4 Å². The highest BCUT2D eigenvalue weighted by Crippen LogP contribution is 2.45. The Balaban J connectivity index is 1.27. The van der Waals surface area contributed by atoms with Crippen molar-refractivity contribution >= 4 is 6.08 Å². The van der Waals surface area contributed by atoms with Crippen LogP contribution in [0.4, 0.5) is 0 Å². The Hall–Kier alpha value is -2.20. The lowest BCUT2D eigenvalue weighted by molar-refractivity contribution is 0.169. The number of hydrogen-bond acceptors (Lipinski definition) is 3. The molecule has 2 heterocycles. The average Bonchev–Trinajstić information content (AvgIpc) is 3.49. The smallest absolute Gasteiger partial charge is 0.254 e. The molecule has 27 heavy (non-hydrogen) atoms. The Bertz CT molecular complexity index is 903. The highest BCUT2D eigenvalue weighted by atomic mass is 16.1. The predicted molar refractivity (Wildman–Crippen MR) is 108 cm³/mol. The number of hydrogen-bond donors (Lipinski definition) is 1. The molecule has 0 bridgehead atoms. The normalized spacial score (nSPS) is 21.8. The fourth-order valence-corrected chi connectivity index (χ4v) is 4.77. The number of nitrogens with one attached hydrogen (secondary N) is 1. The van der Waals surface area contributed by atoms with E-state index in [1.807, 2.05) is 0 Å². The molecule has 1 saturated carbocycles. The molecule has 2 aliphatic carbocycles. The highest BCUT2D eigenvalue weighted by Gasteiger charge is 2.44. The lowest BCUT2D eigenvalue weighted by Crippen LogP contribution is -2.42. The SMILES string of the molecule is O=c1[nH]c(C2CC2)nc2c1CCC21CCN(C/C=C/c2ccccc2)CC1. The third-order valence-corrected chi connectivity index (χ3v) is 6.64. The molecule has 0 amide bonds. The molecule has 4 nitrogen and oxygen atoms in total. The molecule has 1 N–H and O–H groups in total. The van der Waals surface area contributed by atoms with Gasteiger partial charge >= 0.3 is 0 Å². The minimum atomic E-state index is 0.131. The van der Waals surface area contributed by atoms with E-state index in [4.69, 9.17) is 4.98 Å². The zero-order valence-electron chi connectivity index (χ0n) is 15.8. The molecular weight excluding hydrogens is 334 g/mol. The molecule has 1 spiro atoms. The van der Waals surface area contributed by atoms with Crippen molar-refractivity contribution in [2.24, 2.45) is 0 Å². The number of fused-ring (bicyclic) bond motifs is 2. The Kier molecular flexibility index (Phi) is 4.24. The summed E-state index contributed by atoms with van der Waals surface area (Å²) >= 11 is 0. The number of H-pyrrole nitrogens is 1. The van der Waals surface area contributed by atoms with Gasteiger partial charge in [-0.25, -0.2) is 4.98 Å². The first-order valence-electron chi connectivity index (χ1n) is 10.3. The monoisotopic (exact) mass is 361 g/mol. The molecule has 0 radical (unpaired) electrons. The van der Waals surface area contributed by atoms with Gasteiger partial charge in [0.05, 0.1) is 5.69 Å². The second-order valence-electron chi connectivity index (χ2n) is 8.45. The Morgan fingerprint density at radius 2 is 1.93 bits per heavy atom. The van der Waals surface area contributed by atoms with Gasteiger partial charge in [-0.2, -0.15) is 0 Å². The van der Waals surface area contributed by atoms with E-state index >= 15 is 0 Å². The van der Waals surface area contributed by atoms with Crippen molar-refractivity contribution in [1.82, 2.24) is 14.9 Å². The Morgan fingerprint density at radius 1 is 1.15 bits per heavy atom. The molecule has 1 aromatic heterocycles. The van der Waals surface area contributed by atoms with E-state index in [0.717, 1.165) is 62.4 Å². The van der Waals surface area contributed by atoms with Crippen LogP contribution in [-0.2, 0) is 11.8 Å². The summed E-state index contributed by atoms with van der Waals surface area (Å²) in [6.07, 6.45) is 11.1. The van der Waals surface area contributed by atoms with Gasteiger partial charge in [0.1, 0.15) is 5.82 Å². The van der Waals surface area contributed by atoms with Crippen LogP contribution >= 0.6 is 0 Å². The molecule has 0 atom stereocenters. The highest BCUT2D eigenvalue weighted by molar-refractivity contribution is 5.48. The van der Waals surface area contributed by atoms with Gasteiger partial charge in [0.15, 0.2) is 0 Å². The van der Waals surface area contributed by atoms with E-state index in [-0.39, 0.29) is 11.0 Å². The van der Waals surface area contributed by atoms with Crippen molar-refractivity contribution in [2.75, 3.05) is 19.6 Å². The summed E-state index contributed by atoms with van der Waals surface area (Å²) in [5.74, 6) is 1.46. The molecule has 140 valence electrons. The van der Waals surface area contributed by atoms with E-state index in [1.165, 1.54) is 18.4 Å². The average molecular weight is 361 g/mol. The molecular formula is C23H27N3O. The van der Waals surface area contributed by atoms with E-state index in [1.54, 1.807) is 0 Å². The molecule has 5 rings (SSSR count).